The van der Waals surface area contributed by atoms with E-state index in [0.29, 0.717) is 17.1 Å². The van der Waals surface area contributed by atoms with E-state index in [0.717, 1.165) is 0 Å². The van der Waals surface area contributed by atoms with Gasteiger partial charge in [0.05, 0.1) is 5.69 Å². The van der Waals surface area contributed by atoms with Crippen LogP contribution in [0, 0.1) is 0 Å². The van der Waals surface area contributed by atoms with E-state index < -0.39 is 0 Å². The average Bonchev–Trinajstić information content (AvgIpc) is 2.37. The monoisotopic (exact) mass is 268 g/mol. The number of carbonyl (C=O) groups excluding carboxylic acids is 2. The van der Waals surface area contributed by atoms with Crippen molar-refractivity contribution in [1.29, 1.82) is 0 Å². The van der Waals surface area contributed by atoms with Crippen molar-refractivity contribution in [3.8, 4) is 5.75 Å². The number of halogens is 1. The van der Waals surface area contributed by atoms with Gasteiger partial charge in [0.1, 0.15) is 5.75 Å². The van der Waals surface area contributed by atoms with E-state index in [1.165, 1.54) is 4.90 Å². The second kappa shape index (κ2) is 5.27. The third kappa shape index (κ3) is 2.56. The second-order valence-corrected chi connectivity index (χ2v) is 4.29. The number of nitrogens with zero attached hydrogens (tertiary/aromatic N) is 1. The Balaban J connectivity index is 2.22. The zero-order chi connectivity index (χ0) is 13.1. The molecule has 0 bridgehead atoms. The van der Waals surface area contributed by atoms with Crippen molar-refractivity contribution in [2.24, 2.45) is 0 Å². The van der Waals surface area contributed by atoms with Crippen LogP contribution in [0.1, 0.15) is 6.42 Å². The lowest BCUT2D eigenvalue weighted by atomic mass is 10.2. The summed E-state index contributed by atoms with van der Waals surface area (Å²) in [6.45, 7) is 0.0212. The fourth-order valence-corrected chi connectivity index (χ4v) is 1.83. The number of fused-ring (bicyclic) bond motifs is 1. The van der Waals surface area contributed by atoms with E-state index in [-0.39, 0.29) is 30.7 Å². The van der Waals surface area contributed by atoms with Crippen molar-refractivity contribution in [2.75, 3.05) is 29.8 Å². The van der Waals surface area contributed by atoms with Crippen LogP contribution < -0.4 is 15.0 Å². The third-order valence-corrected chi connectivity index (χ3v) is 2.85. The summed E-state index contributed by atoms with van der Waals surface area (Å²) in [7, 11) is 1.67. The summed E-state index contributed by atoms with van der Waals surface area (Å²) in [5.74, 6) is 0.618. The fraction of sp³-hybridized carbons (Fsp3) is 0.333. The summed E-state index contributed by atoms with van der Waals surface area (Å²) in [5.41, 5.74) is 1.27. The van der Waals surface area contributed by atoms with Crippen molar-refractivity contribution >= 4 is 34.8 Å². The Bertz CT molecular complexity index is 490. The number of carbonyl (C=O) groups is 2. The lowest BCUT2D eigenvalue weighted by Crippen LogP contribution is -2.28. The zero-order valence-corrected chi connectivity index (χ0v) is 10.7. The summed E-state index contributed by atoms with van der Waals surface area (Å²) >= 11 is 5.54. The van der Waals surface area contributed by atoms with Crippen LogP contribution in [-0.4, -0.2) is 31.3 Å². The maximum absolute atomic E-state index is 11.7. The van der Waals surface area contributed by atoms with Crippen LogP contribution in [-0.2, 0) is 9.59 Å². The topological polar surface area (TPSA) is 58.6 Å². The quantitative estimate of drug-likeness (QED) is 0.848. The van der Waals surface area contributed by atoms with Crippen molar-refractivity contribution in [1.82, 2.24) is 0 Å². The number of amides is 2. The SMILES string of the molecule is CN(C(=O)CCCl)c1ccc2c(c1)NC(=O)CO2. The maximum Gasteiger partial charge on any atom is 0.262 e. The summed E-state index contributed by atoms with van der Waals surface area (Å²) in [6.07, 6.45) is 0.276. The van der Waals surface area contributed by atoms with E-state index in [9.17, 15) is 9.59 Å². The van der Waals surface area contributed by atoms with Gasteiger partial charge in [-0.3, -0.25) is 9.59 Å². The third-order valence-electron chi connectivity index (χ3n) is 2.67. The Morgan fingerprint density at radius 3 is 3.06 bits per heavy atom. The molecule has 2 rings (SSSR count). The average molecular weight is 269 g/mol. The number of anilines is 2. The van der Waals surface area contributed by atoms with Gasteiger partial charge in [0.2, 0.25) is 5.91 Å². The van der Waals surface area contributed by atoms with Crippen LogP contribution in [0.2, 0.25) is 0 Å². The second-order valence-electron chi connectivity index (χ2n) is 3.91. The molecule has 0 saturated heterocycles. The first-order valence-electron chi connectivity index (χ1n) is 5.51. The predicted octanol–water partition coefficient (Wildman–Crippen LogP) is 1.61. The molecule has 96 valence electrons. The molecule has 0 spiro atoms. The minimum atomic E-state index is -0.200. The summed E-state index contributed by atoms with van der Waals surface area (Å²) in [5, 5.41) is 2.70. The number of ether oxygens (including phenoxy) is 1. The minimum absolute atomic E-state index is 0.0212. The maximum atomic E-state index is 11.7. The minimum Gasteiger partial charge on any atom is -0.482 e. The highest BCUT2D eigenvalue weighted by Gasteiger charge is 2.18. The molecule has 0 aliphatic carbocycles. The van der Waals surface area contributed by atoms with Gasteiger partial charge in [-0.1, -0.05) is 0 Å². The smallest absolute Gasteiger partial charge is 0.262 e. The molecular weight excluding hydrogens is 256 g/mol. The number of hydrogen-bond donors (Lipinski definition) is 1. The van der Waals surface area contributed by atoms with Crippen LogP contribution in [0.5, 0.6) is 5.75 Å². The molecule has 1 aliphatic rings. The lowest BCUT2D eigenvalue weighted by Gasteiger charge is -2.22. The van der Waals surface area contributed by atoms with E-state index in [1.54, 1.807) is 25.2 Å². The summed E-state index contributed by atoms with van der Waals surface area (Å²) < 4.78 is 5.24. The van der Waals surface area contributed by atoms with Gasteiger partial charge < -0.3 is 15.0 Å². The Hall–Kier alpha value is -1.75. The van der Waals surface area contributed by atoms with Gasteiger partial charge in [-0.05, 0) is 18.2 Å². The molecule has 5 nitrogen and oxygen atoms in total. The van der Waals surface area contributed by atoms with Crippen LogP contribution in [0.25, 0.3) is 0 Å². The number of benzene rings is 1. The first-order valence-corrected chi connectivity index (χ1v) is 6.04. The molecule has 0 unspecified atom stereocenters. The van der Waals surface area contributed by atoms with Gasteiger partial charge in [0.25, 0.3) is 5.91 Å². The van der Waals surface area contributed by atoms with Crippen LogP contribution in [0.15, 0.2) is 18.2 Å². The first-order chi connectivity index (χ1) is 8.61. The number of rotatable bonds is 3. The van der Waals surface area contributed by atoms with Crippen LogP contribution in [0.3, 0.4) is 0 Å². The molecule has 0 aromatic heterocycles. The van der Waals surface area contributed by atoms with Gasteiger partial charge in [-0.2, -0.15) is 0 Å². The van der Waals surface area contributed by atoms with Crippen LogP contribution >= 0.6 is 11.6 Å². The highest BCUT2D eigenvalue weighted by atomic mass is 35.5. The van der Waals surface area contributed by atoms with Gasteiger partial charge in [0.15, 0.2) is 6.61 Å². The van der Waals surface area contributed by atoms with E-state index in [4.69, 9.17) is 16.3 Å². The number of alkyl halides is 1. The number of hydrogen-bond acceptors (Lipinski definition) is 3. The molecule has 2 amide bonds. The lowest BCUT2D eigenvalue weighted by molar-refractivity contribution is -0.119. The van der Waals surface area contributed by atoms with Crippen molar-refractivity contribution in [3.63, 3.8) is 0 Å². The standard InChI is InChI=1S/C12H13ClN2O3/c1-15(12(17)4-5-13)8-2-3-10-9(6-8)14-11(16)7-18-10/h2-3,6H,4-5,7H2,1H3,(H,14,16). The highest BCUT2D eigenvalue weighted by molar-refractivity contribution is 6.19. The molecular formula is C12H13ClN2O3. The molecule has 1 N–H and O–H groups in total. The molecule has 0 fully saturated rings. The largest absolute Gasteiger partial charge is 0.482 e. The molecule has 1 heterocycles. The number of nitrogens with one attached hydrogen (secondary N) is 1. The van der Waals surface area contributed by atoms with Gasteiger partial charge >= 0.3 is 0 Å². The molecule has 0 saturated carbocycles. The Morgan fingerprint density at radius 1 is 1.56 bits per heavy atom. The zero-order valence-electron chi connectivity index (χ0n) is 9.90. The van der Waals surface area contributed by atoms with Gasteiger partial charge in [0, 0.05) is 25.0 Å². The van der Waals surface area contributed by atoms with Gasteiger partial charge in [-0.15, -0.1) is 11.6 Å². The summed E-state index contributed by atoms with van der Waals surface area (Å²) in [6, 6.07) is 5.20. The van der Waals surface area contributed by atoms with E-state index >= 15 is 0 Å². The highest BCUT2D eigenvalue weighted by Crippen LogP contribution is 2.31. The molecule has 1 aromatic carbocycles. The van der Waals surface area contributed by atoms with E-state index in [1.807, 2.05) is 0 Å². The molecule has 18 heavy (non-hydrogen) atoms. The van der Waals surface area contributed by atoms with Crippen molar-refractivity contribution in [3.05, 3.63) is 18.2 Å². The van der Waals surface area contributed by atoms with Gasteiger partial charge in [-0.25, -0.2) is 0 Å². The predicted molar refractivity (Wildman–Crippen MR) is 69.3 cm³/mol. The molecule has 0 atom stereocenters. The first kappa shape index (κ1) is 12.7. The molecule has 6 heteroatoms. The van der Waals surface area contributed by atoms with Crippen molar-refractivity contribution in [2.45, 2.75) is 6.42 Å². The van der Waals surface area contributed by atoms with Crippen LogP contribution in [0.4, 0.5) is 11.4 Å². The Kier molecular flexibility index (Phi) is 3.72. The molecule has 0 radical (unpaired) electrons. The van der Waals surface area contributed by atoms with Crippen molar-refractivity contribution < 1.29 is 14.3 Å². The molecule has 1 aromatic rings. The molecule has 1 aliphatic heterocycles. The van der Waals surface area contributed by atoms with E-state index in [2.05, 4.69) is 5.32 Å². The normalized spacial score (nSPS) is 13.3. The Morgan fingerprint density at radius 2 is 2.33 bits per heavy atom. The fourth-order valence-electron chi connectivity index (χ4n) is 1.67. The summed E-state index contributed by atoms with van der Waals surface area (Å²) in [4.78, 5) is 24.4. The Labute approximate surface area is 110 Å².